The van der Waals surface area contributed by atoms with Crippen LogP contribution in [0.4, 0.5) is 5.82 Å². The third-order valence-electron chi connectivity index (χ3n) is 3.27. The Bertz CT molecular complexity index is 322. The van der Waals surface area contributed by atoms with Crippen LogP contribution in [-0.4, -0.2) is 34.5 Å². The van der Waals surface area contributed by atoms with Crippen LogP contribution in [0.25, 0.3) is 0 Å². The minimum atomic E-state index is 0.680. The lowest BCUT2D eigenvalue weighted by Gasteiger charge is -2.32. The smallest absolute Gasteiger partial charge is 0.144 e. The first-order chi connectivity index (χ1) is 7.79. The average molecular weight is 220 g/mol. The summed E-state index contributed by atoms with van der Waals surface area (Å²) in [6, 6.07) is 0.680. The maximum Gasteiger partial charge on any atom is 0.144 e. The molecule has 0 saturated carbocycles. The molecule has 1 aromatic rings. The Morgan fingerprint density at radius 2 is 2.25 bits per heavy atom. The van der Waals surface area contributed by atoms with E-state index >= 15 is 0 Å². The van der Waals surface area contributed by atoms with Crippen LogP contribution in [0.2, 0.25) is 0 Å². The first kappa shape index (κ1) is 11.3. The first-order valence-electron chi connectivity index (χ1n) is 6.02. The van der Waals surface area contributed by atoms with Crippen molar-refractivity contribution in [2.24, 2.45) is 0 Å². The molecule has 0 radical (unpaired) electrons. The summed E-state index contributed by atoms with van der Waals surface area (Å²) in [7, 11) is 1.86. The number of piperidine rings is 1. The first-order valence-corrected chi connectivity index (χ1v) is 6.02. The lowest BCUT2D eigenvalue weighted by Crippen LogP contribution is -2.37. The molecule has 16 heavy (non-hydrogen) atoms. The van der Waals surface area contributed by atoms with Gasteiger partial charge in [-0.2, -0.15) is 0 Å². The maximum atomic E-state index is 4.41. The molecule has 0 aliphatic carbocycles. The number of nitrogens with one attached hydrogen (secondary N) is 1. The van der Waals surface area contributed by atoms with Crippen LogP contribution in [0, 0.1) is 0 Å². The van der Waals surface area contributed by atoms with Gasteiger partial charge in [0, 0.05) is 19.6 Å². The monoisotopic (exact) mass is 220 g/mol. The van der Waals surface area contributed by atoms with Crippen molar-refractivity contribution in [3.8, 4) is 0 Å². The Balaban J connectivity index is 1.96. The van der Waals surface area contributed by atoms with Gasteiger partial charge >= 0.3 is 0 Å². The van der Waals surface area contributed by atoms with Gasteiger partial charge in [-0.3, -0.25) is 9.88 Å². The summed E-state index contributed by atoms with van der Waals surface area (Å²) in [5, 5.41) is 2.98. The summed E-state index contributed by atoms with van der Waals surface area (Å²) in [5.74, 6) is 0.829. The summed E-state index contributed by atoms with van der Waals surface area (Å²) in [6.07, 6.45) is 7.65. The van der Waals surface area contributed by atoms with Gasteiger partial charge in [0.1, 0.15) is 5.82 Å². The fraction of sp³-hybridized carbons (Fsp3) is 0.667. The lowest BCUT2D eigenvalue weighted by molar-refractivity contribution is 0.150. The third kappa shape index (κ3) is 2.70. The number of aromatic nitrogens is 2. The van der Waals surface area contributed by atoms with E-state index in [-0.39, 0.29) is 0 Å². The van der Waals surface area contributed by atoms with E-state index in [0.29, 0.717) is 6.04 Å². The Morgan fingerprint density at radius 1 is 1.38 bits per heavy atom. The van der Waals surface area contributed by atoms with Crippen molar-refractivity contribution in [2.45, 2.75) is 38.8 Å². The van der Waals surface area contributed by atoms with E-state index in [1.54, 1.807) is 6.20 Å². The summed E-state index contributed by atoms with van der Waals surface area (Å²) >= 11 is 0. The Morgan fingerprint density at radius 3 is 2.88 bits per heavy atom. The van der Waals surface area contributed by atoms with Gasteiger partial charge < -0.3 is 5.32 Å². The molecule has 0 spiro atoms. The van der Waals surface area contributed by atoms with Gasteiger partial charge in [0.05, 0.1) is 18.1 Å². The Kier molecular flexibility index (Phi) is 3.72. The van der Waals surface area contributed by atoms with Crippen molar-refractivity contribution < 1.29 is 0 Å². The quantitative estimate of drug-likeness (QED) is 0.844. The van der Waals surface area contributed by atoms with Gasteiger partial charge in [-0.1, -0.05) is 6.42 Å². The average Bonchev–Trinajstić information content (AvgIpc) is 2.33. The molecule has 1 aromatic heterocycles. The molecule has 0 aromatic carbocycles. The second kappa shape index (κ2) is 5.25. The molecular weight excluding hydrogens is 200 g/mol. The molecule has 1 aliphatic heterocycles. The molecule has 4 heteroatoms. The molecule has 88 valence electrons. The molecule has 1 unspecified atom stereocenters. The molecule has 4 nitrogen and oxygen atoms in total. The normalized spacial score (nSPS) is 22.0. The van der Waals surface area contributed by atoms with E-state index in [4.69, 9.17) is 0 Å². The van der Waals surface area contributed by atoms with Crippen molar-refractivity contribution in [3.63, 3.8) is 0 Å². The van der Waals surface area contributed by atoms with E-state index in [1.807, 2.05) is 13.2 Å². The molecule has 1 N–H and O–H groups in total. The molecule has 2 rings (SSSR count). The fourth-order valence-corrected chi connectivity index (χ4v) is 2.17. The molecular formula is C12H20N4. The maximum absolute atomic E-state index is 4.41. The third-order valence-corrected chi connectivity index (χ3v) is 3.27. The van der Waals surface area contributed by atoms with Crippen LogP contribution < -0.4 is 5.32 Å². The highest BCUT2D eigenvalue weighted by Crippen LogP contribution is 2.18. The van der Waals surface area contributed by atoms with Gasteiger partial charge in [0.25, 0.3) is 0 Å². The van der Waals surface area contributed by atoms with Gasteiger partial charge in [0.15, 0.2) is 0 Å². The predicted molar refractivity (Wildman–Crippen MR) is 65.3 cm³/mol. The summed E-state index contributed by atoms with van der Waals surface area (Å²) in [6.45, 7) is 4.42. The molecule has 2 heterocycles. The number of nitrogens with zero attached hydrogens (tertiary/aromatic N) is 3. The number of anilines is 1. The van der Waals surface area contributed by atoms with Crippen LogP contribution in [0.5, 0.6) is 0 Å². The van der Waals surface area contributed by atoms with Crippen molar-refractivity contribution in [2.75, 3.05) is 18.9 Å². The van der Waals surface area contributed by atoms with Crippen LogP contribution in [0.15, 0.2) is 12.4 Å². The van der Waals surface area contributed by atoms with E-state index in [1.165, 1.54) is 25.8 Å². The molecule has 0 bridgehead atoms. The van der Waals surface area contributed by atoms with Gasteiger partial charge in [-0.15, -0.1) is 0 Å². The summed E-state index contributed by atoms with van der Waals surface area (Å²) in [5.41, 5.74) is 1.06. The lowest BCUT2D eigenvalue weighted by atomic mass is 10.0. The molecule has 1 aliphatic rings. The zero-order valence-corrected chi connectivity index (χ0v) is 10.1. The zero-order valence-electron chi connectivity index (χ0n) is 10.1. The number of hydrogen-bond donors (Lipinski definition) is 1. The van der Waals surface area contributed by atoms with Crippen molar-refractivity contribution in [3.05, 3.63) is 18.1 Å². The van der Waals surface area contributed by atoms with Gasteiger partial charge in [0.2, 0.25) is 0 Å². The van der Waals surface area contributed by atoms with E-state index in [2.05, 4.69) is 27.1 Å². The van der Waals surface area contributed by atoms with Crippen LogP contribution >= 0.6 is 0 Å². The molecule has 1 fully saturated rings. The fourth-order valence-electron chi connectivity index (χ4n) is 2.17. The zero-order chi connectivity index (χ0) is 11.4. The second-order valence-electron chi connectivity index (χ2n) is 4.46. The molecule has 0 amide bonds. The van der Waals surface area contributed by atoms with E-state index in [0.717, 1.165) is 18.1 Å². The number of hydrogen-bond acceptors (Lipinski definition) is 4. The van der Waals surface area contributed by atoms with Crippen LogP contribution in [0.1, 0.15) is 31.9 Å². The Labute approximate surface area is 97.1 Å². The highest BCUT2D eigenvalue weighted by Gasteiger charge is 2.18. The summed E-state index contributed by atoms with van der Waals surface area (Å²) in [4.78, 5) is 11.2. The van der Waals surface area contributed by atoms with Crippen molar-refractivity contribution in [1.82, 2.24) is 14.9 Å². The molecule has 1 atom stereocenters. The minimum absolute atomic E-state index is 0.680. The van der Waals surface area contributed by atoms with Crippen molar-refractivity contribution in [1.29, 1.82) is 0 Å². The topological polar surface area (TPSA) is 41.1 Å². The largest absolute Gasteiger partial charge is 0.372 e. The van der Waals surface area contributed by atoms with Gasteiger partial charge in [-0.25, -0.2) is 4.98 Å². The van der Waals surface area contributed by atoms with Gasteiger partial charge in [-0.05, 0) is 26.3 Å². The summed E-state index contributed by atoms with van der Waals surface area (Å²) < 4.78 is 0. The molecule has 1 saturated heterocycles. The standard InChI is InChI=1S/C12H20N4/c1-10-5-3-4-6-16(10)9-11-7-15-12(13-2)8-14-11/h7-8,10H,3-6,9H2,1-2H3,(H,13,15). The number of likely N-dealkylation sites (tertiary alicyclic amines) is 1. The highest BCUT2D eigenvalue weighted by atomic mass is 15.2. The predicted octanol–water partition coefficient (Wildman–Crippen LogP) is 1.89. The number of rotatable bonds is 3. The van der Waals surface area contributed by atoms with E-state index < -0.39 is 0 Å². The highest BCUT2D eigenvalue weighted by molar-refractivity contribution is 5.29. The van der Waals surface area contributed by atoms with Crippen molar-refractivity contribution >= 4 is 5.82 Å². The van der Waals surface area contributed by atoms with Crippen LogP contribution in [-0.2, 0) is 6.54 Å². The van der Waals surface area contributed by atoms with Crippen LogP contribution in [0.3, 0.4) is 0 Å². The minimum Gasteiger partial charge on any atom is -0.372 e. The second-order valence-corrected chi connectivity index (χ2v) is 4.46. The Hall–Kier alpha value is -1.16. The SMILES string of the molecule is CNc1cnc(CN2CCCCC2C)cn1. The van der Waals surface area contributed by atoms with E-state index in [9.17, 15) is 0 Å².